The van der Waals surface area contributed by atoms with Crippen LogP contribution in [0.3, 0.4) is 0 Å². The highest BCUT2D eigenvalue weighted by molar-refractivity contribution is 5.91. The number of hydrogen-bond acceptors (Lipinski definition) is 6. The van der Waals surface area contributed by atoms with Gasteiger partial charge < -0.3 is 14.4 Å². The second kappa shape index (κ2) is 18.7. The van der Waals surface area contributed by atoms with Crippen molar-refractivity contribution in [2.75, 3.05) is 23.0 Å². The first kappa shape index (κ1) is 37.1. The smallest absolute Gasteiger partial charge is 0.377 e. The Morgan fingerprint density at radius 2 is 1.17 bits per heavy atom. The van der Waals surface area contributed by atoms with Crippen molar-refractivity contribution in [3.05, 3.63) is 184 Å². The van der Waals surface area contributed by atoms with Crippen LogP contribution in [0.2, 0.25) is 0 Å². The van der Waals surface area contributed by atoms with E-state index in [1.807, 2.05) is 71.9 Å². The zero-order chi connectivity index (χ0) is 37.5. The number of esters is 2. The lowest BCUT2D eigenvalue weighted by Crippen LogP contribution is -2.21. The van der Waals surface area contributed by atoms with Crippen molar-refractivity contribution in [1.82, 2.24) is 0 Å². The molecule has 0 saturated heterocycles. The van der Waals surface area contributed by atoms with E-state index >= 15 is 0 Å². The Bertz CT molecular complexity index is 2240. The summed E-state index contributed by atoms with van der Waals surface area (Å²) in [5.74, 6) is -0.657. The first-order valence-electron chi connectivity index (χ1n) is 18.1. The number of para-hydroxylation sites is 2. The summed E-state index contributed by atoms with van der Waals surface area (Å²) in [5, 5.41) is 2.31. The predicted octanol–water partition coefficient (Wildman–Crippen LogP) is 9.93. The van der Waals surface area contributed by atoms with Gasteiger partial charge in [0.2, 0.25) is 6.54 Å². The molecular formula is C46H43N4O4+. The third-order valence-electron chi connectivity index (χ3n) is 8.78. The van der Waals surface area contributed by atoms with Gasteiger partial charge in [-0.3, -0.25) is 4.99 Å². The van der Waals surface area contributed by atoms with Crippen LogP contribution in [-0.4, -0.2) is 31.5 Å². The van der Waals surface area contributed by atoms with Crippen molar-refractivity contribution in [2.24, 2.45) is 4.99 Å². The number of anilines is 2. The van der Waals surface area contributed by atoms with Crippen molar-refractivity contribution < 1.29 is 19.1 Å². The van der Waals surface area contributed by atoms with E-state index in [4.69, 9.17) is 19.3 Å². The average molecular weight is 716 g/mol. The van der Waals surface area contributed by atoms with Crippen molar-refractivity contribution in [3.8, 4) is 6.19 Å². The van der Waals surface area contributed by atoms with E-state index in [0.717, 1.165) is 39.0 Å². The molecule has 0 unspecified atom stereocenters. The molecule has 6 aromatic carbocycles. The molecule has 8 nitrogen and oxygen atoms in total. The Kier molecular flexibility index (Phi) is 12.8. The van der Waals surface area contributed by atoms with Crippen LogP contribution >= 0.6 is 0 Å². The van der Waals surface area contributed by atoms with Crippen LogP contribution in [0, 0.1) is 6.19 Å². The molecule has 0 amide bonds. The molecule has 0 spiro atoms. The van der Waals surface area contributed by atoms with Gasteiger partial charge >= 0.3 is 18.1 Å². The predicted molar refractivity (Wildman–Crippen MR) is 217 cm³/mol. The second-order valence-corrected chi connectivity index (χ2v) is 12.5. The Morgan fingerprint density at radius 3 is 1.74 bits per heavy atom. The van der Waals surface area contributed by atoms with Crippen molar-refractivity contribution in [1.29, 1.82) is 0 Å². The molecule has 8 heteroatoms. The van der Waals surface area contributed by atoms with Gasteiger partial charge in [0, 0.05) is 23.4 Å². The summed E-state index contributed by atoms with van der Waals surface area (Å²) in [6.07, 6.45) is 5.21. The number of hydrogen-bond donors (Lipinski definition) is 0. The molecule has 0 fully saturated rings. The van der Waals surface area contributed by atoms with Crippen LogP contribution in [0.25, 0.3) is 15.6 Å². The molecule has 0 N–H and O–H groups in total. The minimum atomic E-state index is -0.331. The highest BCUT2D eigenvalue weighted by Gasteiger charge is 2.18. The summed E-state index contributed by atoms with van der Waals surface area (Å²) in [6.45, 7) is 6.28. The topological polar surface area (TPSA) is 75.8 Å². The van der Waals surface area contributed by atoms with E-state index in [9.17, 15) is 9.59 Å². The molecule has 6 aromatic rings. The van der Waals surface area contributed by atoms with Gasteiger partial charge in [0.1, 0.15) is 12.2 Å². The minimum absolute atomic E-state index is 0.325. The molecule has 0 aliphatic rings. The van der Waals surface area contributed by atoms with Gasteiger partial charge in [0.15, 0.2) is 0 Å². The number of carbonyl (C=O) groups excluding carboxylic acids is 2. The Balaban J connectivity index is 1.26. The van der Waals surface area contributed by atoms with Crippen molar-refractivity contribution in [3.63, 3.8) is 0 Å². The van der Waals surface area contributed by atoms with E-state index in [-0.39, 0.29) is 11.9 Å². The van der Waals surface area contributed by atoms with E-state index in [0.29, 0.717) is 50.5 Å². The summed E-state index contributed by atoms with van der Waals surface area (Å²) < 4.78 is 10.2. The maximum atomic E-state index is 12.1. The van der Waals surface area contributed by atoms with E-state index in [1.165, 1.54) is 5.39 Å². The lowest BCUT2D eigenvalue weighted by molar-refractivity contribution is 0.0516. The monoisotopic (exact) mass is 715 g/mol. The maximum absolute atomic E-state index is 12.1. The second-order valence-electron chi connectivity index (χ2n) is 12.5. The number of fused-ring (bicyclic) bond motifs is 1. The van der Waals surface area contributed by atoms with Gasteiger partial charge in [-0.2, -0.15) is 9.74 Å². The third-order valence-corrected chi connectivity index (χ3v) is 8.78. The molecule has 6 rings (SSSR count). The molecule has 0 bridgehead atoms. The average Bonchev–Trinajstić information content (AvgIpc) is 3.21. The van der Waals surface area contributed by atoms with Crippen LogP contribution in [0.1, 0.15) is 56.8 Å². The number of carbonyl (C=O) groups is 2. The minimum Gasteiger partial charge on any atom is -0.462 e. The van der Waals surface area contributed by atoms with Gasteiger partial charge in [-0.15, -0.1) is 0 Å². The molecule has 0 heterocycles. The number of aliphatic imine (C=N–C) groups is 1. The molecule has 270 valence electrons. The molecule has 54 heavy (non-hydrogen) atoms. The number of nitrogens with zero attached hydrogens (tertiary/aromatic N) is 4. The summed E-state index contributed by atoms with van der Waals surface area (Å²) >= 11 is 0. The Labute approximate surface area is 316 Å². The third kappa shape index (κ3) is 9.78. The number of rotatable bonds is 14. The lowest BCUT2D eigenvalue weighted by atomic mass is 9.98. The molecule has 0 aromatic heterocycles. The fourth-order valence-corrected chi connectivity index (χ4v) is 6.11. The van der Waals surface area contributed by atoms with Crippen LogP contribution in [0.5, 0.6) is 0 Å². The lowest BCUT2D eigenvalue weighted by Gasteiger charge is -2.22. The van der Waals surface area contributed by atoms with Gasteiger partial charge in [-0.05, 0) is 84.3 Å². The molecule has 0 atom stereocenters. The van der Waals surface area contributed by atoms with Crippen molar-refractivity contribution in [2.45, 2.75) is 40.0 Å². The number of benzene rings is 6. The standard InChI is InChI=1S/C46H43N4O4/c1-3-53-45(51)38-25-21-35(22-26-38)29-47-33-49(42-17-7-5-8-18-42)31-40-15-11-13-37-14-12-16-41(44(37)40)32-50(43-19-9-6-10-20-43)34-48-30-36-23-27-39(28-24-36)46(52)54-4-2/h5-28,33H,3-4,29-32H2,1-2H3/q+1. The summed E-state index contributed by atoms with van der Waals surface area (Å²) in [7, 11) is 0. The molecule has 0 aliphatic heterocycles. The van der Waals surface area contributed by atoms with Gasteiger partial charge in [-0.1, -0.05) is 97.1 Å². The zero-order valence-corrected chi connectivity index (χ0v) is 30.6. The maximum Gasteiger partial charge on any atom is 0.377 e. The first-order valence-corrected chi connectivity index (χ1v) is 18.1. The van der Waals surface area contributed by atoms with Crippen LogP contribution in [0.15, 0.2) is 151 Å². The quantitative estimate of drug-likeness (QED) is 0.0368. The Morgan fingerprint density at radius 1 is 0.630 bits per heavy atom. The zero-order valence-electron chi connectivity index (χ0n) is 30.6. The first-order chi connectivity index (χ1) is 26.5. The molecular weight excluding hydrogens is 673 g/mol. The van der Waals surface area contributed by atoms with Crippen LogP contribution in [-0.2, 0) is 35.7 Å². The van der Waals surface area contributed by atoms with E-state index in [2.05, 4.69) is 71.8 Å². The van der Waals surface area contributed by atoms with Crippen molar-refractivity contribution >= 4 is 40.4 Å². The Hall–Kier alpha value is -6.72. The normalized spacial score (nSPS) is 10.8. The fraction of sp³-hybridized carbons (Fsp3) is 0.174. The van der Waals surface area contributed by atoms with E-state index < -0.39 is 0 Å². The highest BCUT2D eigenvalue weighted by atomic mass is 16.5. The summed E-state index contributed by atoms with van der Waals surface area (Å²) in [4.78, 5) is 37.9. The van der Waals surface area contributed by atoms with Crippen LogP contribution in [0.4, 0.5) is 11.4 Å². The largest absolute Gasteiger partial charge is 0.462 e. The summed E-state index contributed by atoms with van der Waals surface area (Å²) in [6, 6.07) is 47.9. The highest BCUT2D eigenvalue weighted by Crippen LogP contribution is 2.28. The van der Waals surface area contributed by atoms with Crippen LogP contribution < -0.4 is 9.80 Å². The van der Waals surface area contributed by atoms with Gasteiger partial charge in [0.05, 0.1) is 37.2 Å². The van der Waals surface area contributed by atoms with E-state index in [1.54, 1.807) is 38.1 Å². The summed E-state index contributed by atoms with van der Waals surface area (Å²) in [5.41, 5.74) is 7.30. The van der Waals surface area contributed by atoms with Gasteiger partial charge in [0.25, 0.3) is 0 Å². The SMILES string of the molecule is CCOC(=O)c1ccc(CN=CN(Cc2cccc3cccc(CN(C#[N+]Cc4ccc(C(=O)OCC)cc4)c4ccccc4)c23)c2ccccc2)cc1. The van der Waals surface area contributed by atoms with Gasteiger partial charge in [-0.25, -0.2) is 9.59 Å². The molecule has 0 aliphatic carbocycles. The molecule has 0 radical (unpaired) electrons. The fourth-order valence-electron chi connectivity index (χ4n) is 6.11. The molecule has 0 saturated carbocycles. The number of ether oxygens (including phenoxy) is 2.